The van der Waals surface area contributed by atoms with Gasteiger partial charge in [-0.3, -0.25) is 4.79 Å². The van der Waals surface area contributed by atoms with E-state index in [9.17, 15) is 4.79 Å². The minimum atomic E-state index is -0.314. The lowest BCUT2D eigenvalue weighted by molar-refractivity contribution is 0.0955. The molecule has 0 saturated carbocycles. The number of carbonyl (C=O) groups is 1. The average Bonchev–Trinajstić information content (AvgIpc) is 2.65. The third-order valence-electron chi connectivity index (χ3n) is 5.44. The molecule has 1 aliphatic rings. The summed E-state index contributed by atoms with van der Waals surface area (Å²) < 4.78 is 5.57. The molecule has 5 nitrogen and oxygen atoms in total. The van der Waals surface area contributed by atoms with Crippen molar-refractivity contribution in [3.8, 4) is 5.75 Å². The van der Waals surface area contributed by atoms with E-state index in [1.54, 1.807) is 37.6 Å². The maximum Gasteiger partial charge on any atom is 0.271 e. The van der Waals surface area contributed by atoms with Gasteiger partial charge in [-0.15, -0.1) is 0 Å². The lowest BCUT2D eigenvalue weighted by atomic mass is 9.80. The summed E-state index contributed by atoms with van der Waals surface area (Å²) in [5.74, 6) is 0.821. The molecule has 0 aliphatic carbocycles. The van der Waals surface area contributed by atoms with Crippen LogP contribution in [0.4, 0.5) is 5.69 Å². The molecule has 1 N–H and O–H groups in total. The number of methoxy groups -OCH3 is 1. The minimum Gasteiger partial charge on any atom is -0.496 e. The summed E-state index contributed by atoms with van der Waals surface area (Å²) in [6, 6.07) is 10.9. The first-order valence-electron chi connectivity index (χ1n) is 9.27. The molecule has 1 amide bonds. The maximum absolute atomic E-state index is 12.2. The molecule has 0 radical (unpaired) electrons. The highest BCUT2D eigenvalue weighted by Gasteiger charge is 2.34. The number of hydrogen-bond donors (Lipinski definition) is 1. The van der Waals surface area contributed by atoms with Crippen LogP contribution in [-0.4, -0.2) is 31.8 Å². The van der Waals surface area contributed by atoms with Crippen LogP contribution in [0.15, 0.2) is 41.5 Å². The van der Waals surface area contributed by atoms with Crippen LogP contribution in [0.3, 0.4) is 0 Å². The molecule has 0 aromatic heterocycles. The number of nitrogens with zero attached hydrogens (tertiary/aromatic N) is 2. The highest BCUT2D eigenvalue weighted by atomic mass is 35.5. The molecular formula is C22H26ClN3O2. The van der Waals surface area contributed by atoms with Crippen molar-refractivity contribution in [3.05, 3.63) is 58.1 Å². The Labute approximate surface area is 171 Å². The number of rotatable bonds is 4. The lowest BCUT2D eigenvalue weighted by Gasteiger charge is -2.45. The van der Waals surface area contributed by atoms with E-state index in [0.29, 0.717) is 16.5 Å². The van der Waals surface area contributed by atoms with Crippen molar-refractivity contribution in [1.29, 1.82) is 0 Å². The standard InChI is InChI=1S/C22H26ClN3O2/c1-14-12-22(2,3)26(4)19-11-20(28-5)16(10-18(14)19)13-24-25-21(27)15-7-6-8-17(23)9-15/h6-11,13-14H,12H2,1-5H3,(H,25,27)/b24-13-. The van der Waals surface area contributed by atoms with Crippen LogP contribution in [0.2, 0.25) is 5.02 Å². The van der Waals surface area contributed by atoms with Crippen molar-refractivity contribution in [3.63, 3.8) is 0 Å². The number of halogens is 1. The Kier molecular flexibility index (Phi) is 5.66. The van der Waals surface area contributed by atoms with Gasteiger partial charge in [0.2, 0.25) is 0 Å². The molecule has 0 fully saturated rings. The number of benzene rings is 2. The van der Waals surface area contributed by atoms with Crippen LogP contribution in [0, 0.1) is 0 Å². The van der Waals surface area contributed by atoms with Crippen molar-refractivity contribution < 1.29 is 9.53 Å². The molecule has 0 bridgehead atoms. The van der Waals surface area contributed by atoms with Crippen molar-refractivity contribution in [1.82, 2.24) is 5.43 Å². The number of amides is 1. The second kappa shape index (κ2) is 7.84. The van der Waals surface area contributed by atoms with Gasteiger partial charge in [-0.2, -0.15) is 5.10 Å². The summed E-state index contributed by atoms with van der Waals surface area (Å²) in [5.41, 5.74) is 6.33. The van der Waals surface area contributed by atoms with Crippen LogP contribution in [0.25, 0.3) is 0 Å². The Morgan fingerprint density at radius 2 is 2.11 bits per heavy atom. The monoisotopic (exact) mass is 399 g/mol. The normalized spacial score (nSPS) is 18.1. The van der Waals surface area contributed by atoms with Gasteiger partial charge in [-0.05, 0) is 56.0 Å². The van der Waals surface area contributed by atoms with E-state index in [1.807, 2.05) is 6.07 Å². The number of carbonyl (C=O) groups excluding carboxylic acids is 1. The molecule has 2 aromatic rings. The second-order valence-electron chi connectivity index (χ2n) is 7.84. The molecule has 3 rings (SSSR count). The highest BCUT2D eigenvalue weighted by molar-refractivity contribution is 6.30. The number of hydrogen-bond acceptors (Lipinski definition) is 4. The first-order chi connectivity index (χ1) is 13.2. The quantitative estimate of drug-likeness (QED) is 0.591. The fourth-order valence-corrected chi connectivity index (χ4v) is 3.93. The summed E-state index contributed by atoms with van der Waals surface area (Å²) in [5, 5.41) is 4.62. The van der Waals surface area contributed by atoms with Crippen LogP contribution >= 0.6 is 11.6 Å². The third kappa shape index (κ3) is 3.99. The van der Waals surface area contributed by atoms with Gasteiger partial charge in [-0.25, -0.2) is 5.43 Å². The Balaban J connectivity index is 1.85. The summed E-state index contributed by atoms with van der Waals surface area (Å²) in [7, 11) is 3.75. The highest BCUT2D eigenvalue weighted by Crippen LogP contribution is 2.44. The van der Waals surface area contributed by atoms with E-state index >= 15 is 0 Å². The summed E-state index contributed by atoms with van der Waals surface area (Å²) in [4.78, 5) is 14.5. The van der Waals surface area contributed by atoms with Gasteiger partial charge >= 0.3 is 0 Å². The zero-order chi connectivity index (χ0) is 20.5. The van der Waals surface area contributed by atoms with Crippen LogP contribution in [0.5, 0.6) is 5.75 Å². The first-order valence-corrected chi connectivity index (χ1v) is 9.65. The average molecular weight is 400 g/mol. The van der Waals surface area contributed by atoms with Crippen LogP contribution < -0.4 is 15.1 Å². The maximum atomic E-state index is 12.2. The lowest BCUT2D eigenvalue weighted by Crippen LogP contribution is -2.45. The Morgan fingerprint density at radius 1 is 1.36 bits per heavy atom. The van der Waals surface area contributed by atoms with Gasteiger partial charge in [0.15, 0.2) is 0 Å². The number of hydrazone groups is 1. The fraction of sp³-hybridized carbons (Fsp3) is 0.364. The molecule has 1 atom stereocenters. The van der Waals surface area contributed by atoms with E-state index in [2.05, 4.69) is 49.3 Å². The van der Waals surface area contributed by atoms with E-state index in [4.69, 9.17) is 16.3 Å². The van der Waals surface area contributed by atoms with Crippen molar-refractivity contribution in [2.45, 2.75) is 38.6 Å². The molecule has 148 valence electrons. The molecular weight excluding hydrogens is 374 g/mol. The number of anilines is 1. The molecule has 1 unspecified atom stereocenters. The molecule has 0 saturated heterocycles. The van der Waals surface area contributed by atoms with E-state index in [-0.39, 0.29) is 11.4 Å². The topological polar surface area (TPSA) is 53.9 Å². The number of nitrogens with one attached hydrogen (secondary N) is 1. The van der Waals surface area contributed by atoms with Crippen molar-refractivity contribution >= 4 is 29.4 Å². The van der Waals surface area contributed by atoms with Crippen molar-refractivity contribution in [2.75, 3.05) is 19.1 Å². The predicted molar refractivity (Wildman–Crippen MR) is 115 cm³/mol. The van der Waals surface area contributed by atoms with Gasteiger partial charge in [0.05, 0.1) is 13.3 Å². The minimum absolute atomic E-state index is 0.0813. The van der Waals surface area contributed by atoms with Crippen molar-refractivity contribution in [2.24, 2.45) is 5.10 Å². The molecule has 1 aliphatic heterocycles. The first kappa shape index (κ1) is 20.2. The molecule has 1 heterocycles. The second-order valence-corrected chi connectivity index (χ2v) is 8.28. The molecule has 0 spiro atoms. The predicted octanol–water partition coefficient (Wildman–Crippen LogP) is 4.83. The molecule has 2 aromatic carbocycles. The van der Waals surface area contributed by atoms with Gasteiger partial charge < -0.3 is 9.64 Å². The molecule has 6 heteroatoms. The Bertz CT molecular complexity index is 924. The van der Waals surface area contributed by atoms with Gasteiger partial charge in [0.1, 0.15) is 5.75 Å². The third-order valence-corrected chi connectivity index (χ3v) is 5.68. The zero-order valence-electron chi connectivity index (χ0n) is 16.9. The van der Waals surface area contributed by atoms with E-state index < -0.39 is 0 Å². The van der Waals surface area contributed by atoms with Gasteiger partial charge in [0.25, 0.3) is 5.91 Å². The van der Waals surface area contributed by atoms with E-state index in [0.717, 1.165) is 17.7 Å². The van der Waals surface area contributed by atoms with Gasteiger partial charge in [-0.1, -0.05) is 24.6 Å². The summed E-state index contributed by atoms with van der Waals surface area (Å²) in [6.07, 6.45) is 2.68. The number of ether oxygens (including phenoxy) is 1. The van der Waals surface area contributed by atoms with Crippen LogP contribution in [0.1, 0.15) is 54.6 Å². The molecule has 28 heavy (non-hydrogen) atoms. The smallest absolute Gasteiger partial charge is 0.271 e. The SMILES string of the molecule is COc1cc2c(cc1/C=N\NC(=O)c1cccc(Cl)c1)C(C)CC(C)(C)N2C. The number of fused-ring (bicyclic) bond motifs is 1. The van der Waals surface area contributed by atoms with Crippen LogP contribution in [-0.2, 0) is 0 Å². The fourth-order valence-electron chi connectivity index (χ4n) is 3.74. The zero-order valence-corrected chi connectivity index (χ0v) is 17.7. The summed E-state index contributed by atoms with van der Waals surface area (Å²) in [6.45, 7) is 6.74. The van der Waals surface area contributed by atoms with E-state index in [1.165, 1.54) is 11.3 Å². The van der Waals surface area contributed by atoms with Gasteiger partial charge in [0, 0.05) is 40.5 Å². The Morgan fingerprint density at radius 3 is 2.79 bits per heavy atom. The Hall–Kier alpha value is -2.53. The summed E-state index contributed by atoms with van der Waals surface area (Å²) >= 11 is 5.93. The largest absolute Gasteiger partial charge is 0.496 e.